The van der Waals surface area contributed by atoms with E-state index in [1.54, 1.807) is 6.07 Å². The fourth-order valence-electron chi connectivity index (χ4n) is 3.69. The standard InChI is InChI=1S/C18H24ClN3O5/c1-3-18-10-21(4-5-22(18)17(24)27-11-18)8-12-6-13(19)16(14(7-12)25-2)26-9-15(20)23/h6-7H,3-5,8-11H2,1-2H3,(H2,20,23). The van der Waals surface area contributed by atoms with Crippen molar-refractivity contribution in [2.75, 3.05) is 40.0 Å². The zero-order valence-corrected chi connectivity index (χ0v) is 16.3. The van der Waals surface area contributed by atoms with Crippen LogP contribution in [0.3, 0.4) is 0 Å². The van der Waals surface area contributed by atoms with Gasteiger partial charge in [0.15, 0.2) is 18.1 Å². The summed E-state index contributed by atoms with van der Waals surface area (Å²) in [7, 11) is 1.51. The summed E-state index contributed by atoms with van der Waals surface area (Å²) in [6.07, 6.45) is 0.608. The molecule has 0 aromatic heterocycles. The molecule has 1 aromatic rings. The summed E-state index contributed by atoms with van der Waals surface area (Å²) in [5.74, 6) is 0.154. The maximum absolute atomic E-state index is 11.9. The summed E-state index contributed by atoms with van der Waals surface area (Å²) in [5, 5.41) is 0.355. The molecule has 0 spiro atoms. The van der Waals surface area contributed by atoms with Crippen LogP contribution in [0.25, 0.3) is 0 Å². The van der Waals surface area contributed by atoms with Gasteiger partial charge < -0.3 is 19.9 Å². The topological polar surface area (TPSA) is 94.3 Å². The van der Waals surface area contributed by atoms with Crippen molar-refractivity contribution < 1.29 is 23.8 Å². The number of methoxy groups -OCH3 is 1. The highest BCUT2D eigenvalue weighted by Crippen LogP contribution is 2.37. The number of primary amides is 1. The van der Waals surface area contributed by atoms with Crippen molar-refractivity contribution in [1.29, 1.82) is 0 Å². The fourth-order valence-corrected chi connectivity index (χ4v) is 3.98. The molecule has 148 valence electrons. The molecule has 8 nitrogen and oxygen atoms in total. The number of nitrogens with two attached hydrogens (primary N) is 1. The number of carbonyl (C=O) groups excluding carboxylic acids is 2. The SMILES string of the molecule is CCC12COC(=O)N1CCN(Cc1cc(Cl)c(OCC(N)=O)c(OC)c1)C2. The van der Waals surface area contributed by atoms with Crippen LogP contribution in [-0.4, -0.2) is 67.3 Å². The van der Waals surface area contributed by atoms with Gasteiger partial charge >= 0.3 is 6.09 Å². The lowest BCUT2D eigenvalue weighted by Gasteiger charge is -2.44. The van der Waals surface area contributed by atoms with Gasteiger partial charge in [0.25, 0.3) is 5.91 Å². The monoisotopic (exact) mass is 397 g/mol. The van der Waals surface area contributed by atoms with Gasteiger partial charge in [-0.25, -0.2) is 4.79 Å². The van der Waals surface area contributed by atoms with Crippen LogP contribution in [0, 0.1) is 0 Å². The predicted molar refractivity (Wildman–Crippen MR) is 99.0 cm³/mol. The van der Waals surface area contributed by atoms with Gasteiger partial charge in [-0.15, -0.1) is 0 Å². The molecule has 2 N–H and O–H groups in total. The quantitative estimate of drug-likeness (QED) is 0.751. The molecule has 0 aliphatic carbocycles. The first-order valence-corrected chi connectivity index (χ1v) is 9.20. The number of piperazine rings is 1. The van der Waals surface area contributed by atoms with Crippen molar-refractivity contribution in [2.24, 2.45) is 5.73 Å². The molecule has 1 unspecified atom stereocenters. The Balaban J connectivity index is 1.75. The fraction of sp³-hybridized carbons (Fsp3) is 0.556. The summed E-state index contributed by atoms with van der Waals surface area (Å²) in [6.45, 7) is 4.98. The highest BCUT2D eigenvalue weighted by molar-refractivity contribution is 6.32. The highest BCUT2D eigenvalue weighted by Gasteiger charge is 2.49. The van der Waals surface area contributed by atoms with Crippen LogP contribution in [0.5, 0.6) is 11.5 Å². The van der Waals surface area contributed by atoms with Crippen molar-refractivity contribution in [3.8, 4) is 11.5 Å². The highest BCUT2D eigenvalue weighted by atomic mass is 35.5. The average molecular weight is 398 g/mol. The van der Waals surface area contributed by atoms with E-state index in [1.165, 1.54) is 7.11 Å². The van der Waals surface area contributed by atoms with Gasteiger partial charge in [-0.3, -0.25) is 14.6 Å². The van der Waals surface area contributed by atoms with E-state index < -0.39 is 5.91 Å². The molecule has 2 aliphatic heterocycles. The third-order valence-corrected chi connectivity index (χ3v) is 5.41. The van der Waals surface area contributed by atoms with E-state index in [1.807, 2.05) is 11.0 Å². The second kappa shape index (κ2) is 7.82. The lowest BCUT2D eigenvalue weighted by atomic mass is 9.92. The Morgan fingerprint density at radius 2 is 2.19 bits per heavy atom. The molecule has 0 radical (unpaired) electrons. The third kappa shape index (κ3) is 3.91. The zero-order chi connectivity index (χ0) is 19.6. The van der Waals surface area contributed by atoms with Gasteiger partial charge in [-0.05, 0) is 24.1 Å². The van der Waals surface area contributed by atoms with Crippen LogP contribution < -0.4 is 15.2 Å². The summed E-state index contributed by atoms with van der Waals surface area (Å²) in [5.41, 5.74) is 5.80. The molecule has 3 rings (SSSR count). The maximum Gasteiger partial charge on any atom is 0.410 e. The number of fused-ring (bicyclic) bond motifs is 1. The molecule has 2 heterocycles. The van der Waals surface area contributed by atoms with Gasteiger partial charge in [0, 0.05) is 26.2 Å². The van der Waals surface area contributed by atoms with E-state index in [4.69, 9.17) is 31.5 Å². The molecule has 2 saturated heterocycles. The van der Waals surface area contributed by atoms with Gasteiger partial charge in [0.2, 0.25) is 0 Å². The predicted octanol–water partition coefficient (Wildman–Crippen LogP) is 1.63. The summed E-state index contributed by atoms with van der Waals surface area (Å²) < 4.78 is 16.0. The number of cyclic esters (lactones) is 1. The molecule has 1 aromatic carbocycles. The first-order valence-electron chi connectivity index (χ1n) is 8.83. The zero-order valence-electron chi connectivity index (χ0n) is 15.5. The van der Waals surface area contributed by atoms with Crippen LogP contribution in [0.1, 0.15) is 18.9 Å². The van der Waals surface area contributed by atoms with Crippen LogP contribution in [0.2, 0.25) is 5.02 Å². The van der Waals surface area contributed by atoms with Crippen LogP contribution >= 0.6 is 11.6 Å². The van der Waals surface area contributed by atoms with Crippen molar-refractivity contribution in [3.63, 3.8) is 0 Å². The Labute approximate surface area is 163 Å². The Morgan fingerprint density at radius 1 is 1.41 bits per heavy atom. The molecule has 2 amide bonds. The lowest BCUT2D eigenvalue weighted by Crippen LogP contribution is -2.60. The van der Waals surface area contributed by atoms with E-state index in [2.05, 4.69) is 11.8 Å². The Morgan fingerprint density at radius 3 is 2.85 bits per heavy atom. The summed E-state index contributed by atoms with van der Waals surface area (Å²) in [4.78, 5) is 27.0. The van der Waals surface area contributed by atoms with E-state index in [9.17, 15) is 9.59 Å². The number of hydrogen-bond acceptors (Lipinski definition) is 6. The minimum absolute atomic E-state index is 0.225. The number of ether oxygens (including phenoxy) is 3. The molecule has 2 aliphatic rings. The second-order valence-electron chi connectivity index (χ2n) is 6.86. The molecule has 1 atom stereocenters. The summed E-state index contributed by atoms with van der Waals surface area (Å²) in [6, 6.07) is 3.63. The average Bonchev–Trinajstić information content (AvgIpc) is 2.97. The van der Waals surface area contributed by atoms with Crippen molar-refractivity contribution >= 4 is 23.6 Å². The number of halogens is 1. The number of hydrogen-bond donors (Lipinski definition) is 1. The third-order valence-electron chi connectivity index (χ3n) is 5.13. The molecule has 27 heavy (non-hydrogen) atoms. The molecule has 2 fully saturated rings. The number of rotatable bonds is 7. The number of nitrogens with zero attached hydrogens (tertiary/aromatic N) is 2. The van der Waals surface area contributed by atoms with Gasteiger partial charge in [-0.1, -0.05) is 18.5 Å². The minimum atomic E-state index is -0.590. The van der Waals surface area contributed by atoms with Crippen molar-refractivity contribution in [3.05, 3.63) is 22.7 Å². The molecule has 0 saturated carbocycles. The van der Waals surface area contributed by atoms with Gasteiger partial charge in [0.05, 0.1) is 17.7 Å². The molecule has 0 bridgehead atoms. The first-order chi connectivity index (χ1) is 12.9. The number of carbonyl (C=O) groups is 2. The minimum Gasteiger partial charge on any atom is -0.493 e. The second-order valence-corrected chi connectivity index (χ2v) is 7.27. The van der Waals surface area contributed by atoms with Crippen LogP contribution in [0.4, 0.5) is 4.79 Å². The summed E-state index contributed by atoms with van der Waals surface area (Å²) >= 11 is 6.33. The van der Waals surface area contributed by atoms with Crippen LogP contribution in [0.15, 0.2) is 12.1 Å². The van der Waals surface area contributed by atoms with E-state index >= 15 is 0 Å². The Hall–Kier alpha value is -2.19. The van der Waals surface area contributed by atoms with Crippen molar-refractivity contribution in [2.45, 2.75) is 25.4 Å². The Kier molecular flexibility index (Phi) is 5.67. The van der Waals surface area contributed by atoms with E-state index in [0.717, 1.165) is 25.1 Å². The smallest absolute Gasteiger partial charge is 0.410 e. The molecule has 9 heteroatoms. The van der Waals surface area contributed by atoms with Gasteiger partial charge in [-0.2, -0.15) is 0 Å². The molecular formula is C18H24ClN3O5. The molecular weight excluding hydrogens is 374 g/mol. The first kappa shape index (κ1) is 19.6. The lowest BCUT2D eigenvalue weighted by molar-refractivity contribution is -0.119. The van der Waals surface area contributed by atoms with E-state index in [0.29, 0.717) is 36.2 Å². The van der Waals surface area contributed by atoms with Gasteiger partial charge in [0.1, 0.15) is 6.61 Å². The largest absolute Gasteiger partial charge is 0.493 e. The maximum atomic E-state index is 11.9. The van der Waals surface area contributed by atoms with Crippen molar-refractivity contribution in [1.82, 2.24) is 9.80 Å². The Bertz CT molecular complexity index is 744. The van der Waals surface area contributed by atoms with Crippen LogP contribution in [-0.2, 0) is 16.1 Å². The normalized spacial score (nSPS) is 22.3. The van der Waals surface area contributed by atoms with E-state index in [-0.39, 0.29) is 18.2 Å². The number of benzene rings is 1. The number of amides is 2.